The molecule has 0 bridgehead atoms. The van der Waals surface area contributed by atoms with Crippen LogP contribution in [0.5, 0.6) is 0 Å². The van der Waals surface area contributed by atoms with Crippen molar-refractivity contribution in [2.45, 2.75) is 154 Å². The van der Waals surface area contributed by atoms with Gasteiger partial charge in [0.25, 0.3) is 20.2 Å². The summed E-state index contributed by atoms with van der Waals surface area (Å²) in [4.78, 5) is 0.0610. The third-order valence-electron chi connectivity index (χ3n) is 6.81. The summed E-state index contributed by atoms with van der Waals surface area (Å²) < 4.78 is 61.1. The Balaban J connectivity index is 0. The second-order valence-electron chi connectivity index (χ2n) is 10.5. The van der Waals surface area contributed by atoms with Gasteiger partial charge in [0, 0.05) is 0 Å². The van der Waals surface area contributed by atoms with Crippen LogP contribution >= 0.6 is 0 Å². The van der Waals surface area contributed by atoms with Crippen LogP contribution in [0, 0.1) is 0 Å². The van der Waals surface area contributed by atoms with E-state index in [0.29, 0.717) is 12.8 Å². The van der Waals surface area contributed by atoms with Crippen LogP contribution in [0.1, 0.15) is 148 Å². The SMILES string of the molecule is CCCCCCCCCCCCS(=O)(=O)O.CCCCCCCCCCCCc1ccccc1S(=O)(=O)O.[NaH]. The molecule has 0 radical (unpaired) electrons. The second-order valence-corrected chi connectivity index (χ2v) is 13.4. The molecule has 0 saturated heterocycles. The molecule has 0 aliphatic rings. The summed E-state index contributed by atoms with van der Waals surface area (Å²) in [6, 6.07) is 6.73. The fourth-order valence-corrected chi connectivity index (χ4v) is 5.86. The third-order valence-corrected chi connectivity index (χ3v) is 8.56. The van der Waals surface area contributed by atoms with Gasteiger partial charge in [-0.05, 0) is 30.9 Å². The van der Waals surface area contributed by atoms with Gasteiger partial charge in [-0.15, -0.1) is 0 Å². The number of benzene rings is 1. The number of hydrogen-bond donors (Lipinski definition) is 2. The average Bonchev–Trinajstić information content (AvgIpc) is 2.86. The third kappa shape index (κ3) is 28.0. The summed E-state index contributed by atoms with van der Waals surface area (Å²) in [6.45, 7) is 4.45. The van der Waals surface area contributed by atoms with E-state index in [9.17, 15) is 21.4 Å². The van der Waals surface area contributed by atoms with E-state index in [1.807, 2.05) is 6.07 Å². The summed E-state index contributed by atoms with van der Waals surface area (Å²) in [6.07, 6.45) is 25.0. The average molecular weight is 601 g/mol. The van der Waals surface area contributed by atoms with Crippen LogP contribution in [0.3, 0.4) is 0 Å². The topological polar surface area (TPSA) is 109 Å². The Morgan fingerprint density at radius 3 is 1.28 bits per heavy atom. The van der Waals surface area contributed by atoms with E-state index in [4.69, 9.17) is 4.55 Å². The first-order valence-corrected chi connectivity index (χ1v) is 18.2. The monoisotopic (exact) mass is 600 g/mol. The normalized spacial score (nSPS) is 11.5. The van der Waals surface area contributed by atoms with Gasteiger partial charge in [0.2, 0.25) is 0 Å². The number of unbranched alkanes of at least 4 members (excludes halogenated alkanes) is 18. The Labute approximate surface area is 263 Å². The Hall–Kier alpha value is 0.0400. The molecule has 6 nitrogen and oxygen atoms in total. The van der Waals surface area contributed by atoms with Crippen molar-refractivity contribution in [2.24, 2.45) is 0 Å². The van der Waals surface area contributed by atoms with E-state index in [1.54, 1.807) is 12.1 Å². The van der Waals surface area contributed by atoms with Crippen LogP contribution in [0.4, 0.5) is 0 Å². The number of aryl methyl sites for hydroxylation is 1. The van der Waals surface area contributed by atoms with Gasteiger partial charge in [0.15, 0.2) is 0 Å². The van der Waals surface area contributed by atoms with E-state index in [0.717, 1.165) is 31.2 Å². The second kappa shape index (κ2) is 26.9. The van der Waals surface area contributed by atoms with Gasteiger partial charge in [-0.2, -0.15) is 16.8 Å². The zero-order chi connectivity index (χ0) is 28.5. The molecule has 0 amide bonds. The standard InChI is InChI=1S/C18H30O3S.C12H26O3S.Na.H/c1-2-3-4-5-6-7-8-9-10-11-14-17-15-12-13-16-18(17)22(19,20)21;1-2-3-4-5-6-7-8-9-10-11-12-16(13,14)15;;/h12-13,15-16H,2-11,14H2,1H3,(H,19,20,21);2-12H2,1H3,(H,13,14,15);;. The molecule has 0 aliphatic carbocycles. The van der Waals surface area contributed by atoms with E-state index in [1.165, 1.54) is 102 Å². The summed E-state index contributed by atoms with van der Waals surface area (Å²) in [7, 11) is -7.83. The van der Waals surface area contributed by atoms with E-state index >= 15 is 0 Å². The molecule has 0 heterocycles. The van der Waals surface area contributed by atoms with Crippen molar-refractivity contribution >= 4 is 49.8 Å². The maximum atomic E-state index is 11.3. The van der Waals surface area contributed by atoms with Gasteiger partial charge < -0.3 is 0 Å². The summed E-state index contributed by atoms with van der Waals surface area (Å²) in [5.41, 5.74) is 0.726. The molecule has 0 saturated carbocycles. The molecule has 0 fully saturated rings. The van der Waals surface area contributed by atoms with Crippen molar-refractivity contribution in [2.75, 3.05) is 5.75 Å². The molecular formula is C30H57NaO6S2. The summed E-state index contributed by atoms with van der Waals surface area (Å²) in [5.74, 6) is -0.0799. The molecule has 39 heavy (non-hydrogen) atoms. The van der Waals surface area contributed by atoms with Crippen molar-refractivity contribution in [1.29, 1.82) is 0 Å². The number of rotatable bonds is 23. The molecule has 2 N–H and O–H groups in total. The van der Waals surface area contributed by atoms with Crippen molar-refractivity contribution in [3.63, 3.8) is 0 Å². The van der Waals surface area contributed by atoms with Crippen molar-refractivity contribution in [3.8, 4) is 0 Å². The van der Waals surface area contributed by atoms with Crippen molar-refractivity contribution in [3.05, 3.63) is 29.8 Å². The first kappa shape index (κ1) is 41.2. The molecule has 1 rings (SSSR count). The minimum absolute atomic E-state index is 0. The first-order valence-electron chi connectivity index (χ1n) is 15.1. The van der Waals surface area contributed by atoms with Gasteiger partial charge in [0.1, 0.15) is 0 Å². The van der Waals surface area contributed by atoms with E-state index in [2.05, 4.69) is 13.8 Å². The molecular weight excluding hydrogens is 543 g/mol. The van der Waals surface area contributed by atoms with Crippen molar-refractivity contribution < 1.29 is 25.9 Å². The molecule has 0 unspecified atom stereocenters. The molecule has 9 heteroatoms. The Morgan fingerprint density at radius 2 is 0.897 bits per heavy atom. The quantitative estimate of drug-likeness (QED) is 0.0740. The Morgan fingerprint density at radius 1 is 0.538 bits per heavy atom. The molecule has 1 aromatic carbocycles. The Kier molecular flexibility index (Phi) is 28.4. The van der Waals surface area contributed by atoms with Crippen LogP contribution in [-0.2, 0) is 26.7 Å². The zero-order valence-electron chi connectivity index (χ0n) is 24.2. The molecule has 0 aliphatic heterocycles. The molecule has 0 atom stereocenters. The van der Waals surface area contributed by atoms with Gasteiger partial charge in [0.05, 0.1) is 10.6 Å². The number of hydrogen-bond acceptors (Lipinski definition) is 4. The van der Waals surface area contributed by atoms with Crippen LogP contribution in [0.15, 0.2) is 29.2 Å². The van der Waals surface area contributed by atoms with Crippen LogP contribution in [0.2, 0.25) is 0 Å². The predicted molar refractivity (Wildman–Crippen MR) is 167 cm³/mol. The first-order chi connectivity index (χ1) is 18.1. The molecule has 226 valence electrons. The summed E-state index contributed by atoms with van der Waals surface area (Å²) >= 11 is 0. The van der Waals surface area contributed by atoms with Crippen molar-refractivity contribution in [1.82, 2.24) is 0 Å². The van der Waals surface area contributed by atoms with E-state index < -0.39 is 20.2 Å². The summed E-state index contributed by atoms with van der Waals surface area (Å²) in [5, 5.41) is 0. The predicted octanol–water partition coefficient (Wildman–Crippen LogP) is 8.54. The Bertz CT molecular complexity index is 888. The van der Waals surface area contributed by atoms with Crippen LogP contribution in [-0.4, -0.2) is 61.3 Å². The fourth-order valence-electron chi connectivity index (χ4n) is 4.54. The zero-order valence-corrected chi connectivity index (χ0v) is 25.8. The van der Waals surface area contributed by atoms with Crippen LogP contribution < -0.4 is 0 Å². The fraction of sp³-hybridized carbons (Fsp3) is 0.800. The molecule has 0 spiro atoms. The van der Waals surface area contributed by atoms with Gasteiger partial charge in [-0.25, -0.2) is 0 Å². The van der Waals surface area contributed by atoms with Gasteiger partial charge in [-0.3, -0.25) is 9.11 Å². The molecule has 0 aromatic heterocycles. The van der Waals surface area contributed by atoms with E-state index in [-0.39, 0.29) is 40.2 Å². The minimum atomic E-state index is -4.10. The van der Waals surface area contributed by atoms with Crippen LogP contribution in [0.25, 0.3) is 0 Å². The maximum absolute atomic E-state index is 11.3. The molecule has 1 aromatic rings. The van der Waals surface area contributed by atoms with Gasteiger partial charge in [-0.1, -0.05) is 148 Å². The van der Waals surface area contributed by atoms with Gasteiger partial charge >= 0.3 is 29.6 Å².